The van der Waals surface area contributed by atoms with Gasteiger partial charge in [-0.2, -0.15) is 0 Å². The molecule has 0 bridgehead atoms. The van der Waals surface area contributed by atoms with Gasteiger partial charge >= 0.3 is 0 Å². The van der Waals surface area contributed by atoms with Gasteiger partial charge in [-0.15, -0.1) is 0 Å². The van der Waals surface area contributed by atoms with Gasteiger partial charge in [-0.3, -0.25) is 19.6 Å². The fourth-order valence-corrected chi connectivity index (χ4v) is 2.80. The fourth-order valence-electron chi connectivity index (χ4n) is 2.80. The maximum absolute atomic E-state index is 12.8. The van der Waals surface area contributed by atoms with Gasteiger partial charge in [0, 0.05) is 5.69 Å². The van der Waals surface area contributed by atoms with E-state index in [1.54, 1.807) is 45.0 Å². The molecule has 1 aromatic rings. The molecule has 0 aromatic heterocycles. The van der Waals surface area contributed by atoms with Crippen molar-refractivity contribution in [3.05, 3.63) is 30.3 Å². The molecule has 0 heterocycles. The van der Waals surface area contributed by atoms with Gasteiger partial charge < -0.3 is 15.7 Å². The lowest BCUT2D eigenvalue weighted by Crippen LogP contribution is -2.55. The van der Waals surface area contributed by atoms with Crippen molar-refractivity contribution in [3.8, 4) is 0 Å². The highest BCUT2D eigenvalue weighted by molar-refractivity contribution is 5.98. The van der Waals surface area contributed by atoms with E-state index in [4.69, 9.17) is 5.21 Å². The van der Waals surface area contributed by atoms with Crippen LogP contribution in [0.2, 0.25) is 0 Å². The number of hydrogen-bond acceptors (Lipinski definition) is 5. The van der Waals surface area contributed by atoms with Crippen LogP contribution < -0.4 is 16.1 Å². The molecule has 0 fully saturated rings. The zero-order chi connectivity index (χ0) is 23.5. The van der Waals surface area contributed by atoms with Crippen LogP contribution in [0.5, 0.6) is 0 Å². The van der Waals surface area contributed by atoms with Crippen LogP contribution in [0.15, 0.2) is 30.3 Å². The molecule has 0 radical (unpaired) electrons. The van der Waals surface area contributed by atoms with Crippen LogP contribution in [0.25, 0.3) is 0 Å². The molecule has 1 aromatic carbocycles. The third-order valence-corrected chi connectivity index (χ3v) is 4.28. The zero-order valence-corrected chi connectivity index (χ0v) is 19.0. The van der Waals surface area contributed by atoms with Gasteiger partial charge in [-0.25, -0.2) is 5.48 Å². The average Bonchev–Trinajstić information content (AvgIpc) is 2.70. The number of hydroxylamine groups is 1. The summed E-state index contributed by atoms with van der Waals surface area (Å²) < 4.78 is 0. The molecule has 0 spiro atoms. The van der Waals surface area contributed by atoms with E-state index in [1.807, 2.05) is 33.8 Å². The lowest BCUT2D eigenvalue weighted by atomic mass is 9.84. The Morgan fingerprint density at radius 2 is 1.48 bits per heavy atom. The summed E-state index contributed by atoms with van der Waals surface area (Å²) in [5, 5.41) is 24.4. The van der Waals surface area contributed by atoms with E-state index in [1.165, 1.54) is 5.48 Å². The van der Waals surface area contributed by atoms with Gasteiger partial charge in [0.25, 0.3) is 5.91 Å². The first kappa shape index (κ1) is 30.7. The number of carbonyl (C=O) groups excluding carboxylic acids is 3. The summed E-state index contributed by atoms with van der Waals surface area (Å²) in [7, 11) is 0. The molecular weight excluding hydrogens is 398 g/mol. The molecule has 178 valence electrons. The van der Waals surface area contributed by atoms with Crippen molar-refractivity contribution in [2.75, 3.05) is 5.32 Å². The number of nitrogens with one attached hydrogen (secondary N) is 3. The number of carbonyl (C=O) groups is 3. The quantitative estimate of drug-likeness (QED) is 0.313. The number of anilines is 1. The van der Waals surface area contributed by atoms with Crippen molar-refractivity contribution in [1.29, 1.82) is 0 Å². The lowest BCUT2D eigenvalue weighted by Gasteiger charge is -2.32. The maximum Gasteiger partial charge on any atom is 0.272 e. The summed E-state index contributed by atoms with van der Waals surface area (Å²) in [6.07, 6.45) is -1.53. The van der Waals surface area contributed by atoms with E-state index in [0.29, 0.717) is 5.69 Å². The van der Waals surface area contributed by atoms with Crippen molar-refractivity contribution in [3.63, 3.8) is 0 Å². The van der Waals surface area contributed by atoms with Gasteiger partial charge in [0.05, 0.1) is 5.92 Å². The standard InChI is InChI=1S/C20H31N3O5.C2H6.CH4/c1-12(2)11-14(15(24)18(26)23-28)17(25)22-16(20(3,4)5)19(27)21-13-9-7-6-8-10-13;1-2;/h6-10,12,14-16,24,28H,11H2,1-5H3,(H,21,27)(H,22,25)(H,23,26);1-2H3;1H4/t14?,15-,16?;;/m0../s1. The number of rotatable bonds is 8. The molecule has 31 heavy (non-hydrogen) atoms. The Labute approximate surface area is 186 Å². The average molecular weight is 440 g/mol. The van der Waals surface area contributed by atoms with Crippen LogP contribution in [-0.4, -0.2) is 40.2 Å². The lowest BCUT2D eigenvalue weighted by molar-refractivity contribution is -0.147. The second kappa shape index (κ2) is 14.5. The minimum atomic E-state index is -1.73. The largest absolute Gasteiger partial charge is 0.382 e. The first-order chi connectivity index (χ1) is 14.0. The van der Waals surface area contributed by atoms with Crippen LogP contribution in [-0.2, 0) is 14.4 Å². The van der Waals surface area contributed by atoms with Crippen LogP contribution in [0.1, 0.15) is 62.3 Å². The number of hydrogen-bond donors (Lipinski definition) is 5. The van der Waals surface area contributed by atoms with Crippen LogP contribution in [0.3, 0.4) is 0 Å². The molecule has 5 N–H and O–H groups in total. The number of aliphatic hydroxyl groups excluding tert-OH is 1. The number of aliphatic hydroxyl groups is 1. The molecule has 3 amide bonds. The Kier molecular flexibility index (Phi) is 14.4. The third kappa shape index (κ3) is 10.4. The Bertz CT molecular complexity index is 672. The smallest absolute Gasteiger partial charge is 0.272 e. The Hall–Kier alpha value is -2.45. The van der Waals surface area contributed by atoms with Crippen LogP contribution in [0.4, 0.5) is 5.69 Å². The molecule has 1 rings (SSSR count). The fraction of sp³-hybridized carbons (Fsp3) is 0.609. The van der Waals surface area contributed by atoms with Crippen molar-refractivity contribution < 1.29 is 24.7 Å². The monoisotopic (exact) mass is 439 g/mol. The van der Waals surface area contributed by atoms with Crippen molar-refractivity contribution >= 4 is 23.4 Å². The van der Waals surface area contributed by atoms with Crippen LogP contribution in [0, 0.1) is 17.3 Å². The predicted molar refractivity (Wildman–Crippen MR) is 123 cm³/mol. The summed E-state index contributed by atoms with van der Waals surface area (Å²) in [6.45, 7) is 13.1. The van der Waals surface area contributed by atoms with Crippen molar-refractivity contribution in [1.82, 2.24) is 10.8 Å². The van der Waals surface area contributed by atoms with E-state index in [-0.39, 0.29) is 19.8 Å². The molecule has 0 aliphatic rings. The minimum absolute atomic E-state index is 0. The van der Waals surface area contributed by atoms with Gasteiger partial charge in [0.15, 0.2) is 0 Å². The molecular formula is C23H41N3O5. The molecule has 0 saturated heterocycles. The SMILES string of the molecule is C.CC.CC(C)CC(C(=O)NC(C(=O)Nc1ccccc1)C(C)(C)C)[C@H](O)C(=O)NO. The molecule has 0 aliphatic heterocycles. The van der Waals surface area contributed by atoms with Crippen LogP contribution >= 0.6 is 0 Å². The van der Waals surface area contributed by atoms with E-state index >= 15 is 0 Å². The summed E-state index contributed by atoms with van der Waals surface area (Å²) in [5.74, 6) is -3.21. The highest BCUT2D eigenvalue weighted by atomic mass is 16.5. The molecule has 0 saturated carbocycles. The summed E-state index contributed by atoms with van der Waals surface area (Å²) in [6, 6.07) is 7.94. The number of benzene rings is 1. The second-order valence-electron chi connectivity index (χ2n) is 8.32. The molecule has 0 aliphatic carbocycles. The van der Waals surface area contributed by atoms with E-state index in [0.717, 1.165) is 0 Å². The molecule has 2 unspecified atom stereocenters. The number of amides is 3. The highest BCUT2D eigenvalue weighted by Crippen LogP contribution is 2.23. The zero-order valence-electron chi connectivity index (χ0n) is 19.0. The maximum atomic E-state index is 12.8. The van der Waals surface area contributed by atoms with Gasteiger partial charge in [-0.1, -0.05) is 74.1 Å². The summed E-state index contributed by atoms with van der Waals surface area (Å²) in [4.78, 5) is 37.3. The summed E-state index contributed by atoms with van der Waals surface area (Å²) >= 11 is 0. The first-order valence-electron chi connectivity index (χ1n) is 10.3. The Morgan fingerprint density at radius 3 is 1.90 bits per heavy atom. The summed E-state index contributed by atoms with van der Waals surface area (Å²) in [5.41, 5.74) is 1.33. The van der Waals surface area contributed by atoms with Crippen molar-refractivity contribution in [2.45, 2.75) is 74.5 Å². The molecule has 8 heteroatoms. The normalized spacial score (nSPS) is 13.5. The van der Waals surface area contributed by atoms with E-state index in [2.05, 4.69) is 10.6 Å². The second-order valence-corrected chi connectivity index (χ2v) is 8.32. The van der Waals surface area contributed by atoms with Crippen molar-refractivity contribution in [2.24, 2.45) is 17.3 Å². The predicted octanol–water partition coefficient (Wildman–Crippen LogP) is 3.35. The molecule has 8 nitrogen and oxygen atoms in total. The first-order valence-corrected chi connectivity index (χ1v) is 10.3. The third-order valence-electron chi connectivity index (χ3n) is 4.28. The van der Waals surface area contributed by atoms with Gasteiger partial charge in [-0.05, 0) is 29.9 Å². The Morgan fingerprint density at radius 1 is 0.968 bits per heavy atom. The Balaban J connectivity index is 0. The van der Waals surface area contributed by atoms with Gasteiger partial charge in [0.2, 0.25) is 11.8 Å². The number of para-hydroxylation sites is 1. The topological polar surface area (TPSA) is 128 Å². The molecule has 3 atom stereocenters. The van der Waals surface area contributed by atoms with E-state index in [9.17, 15) is 19.5 Å². The highest BCUT2D eigenvalue weighted by Gasteiger charge is 2.38. The minimum Gasteiger partial charge on any atom is -0.382 e. The van der Waals surface area contributed by atoms with Gasteiger partial charge in [0.1, 0.15) is 12.1 Å². The van der Waals surface area contributed by atoms with E-state index < -0.39 is 41.2 Å².